The minimum absolute atomic E-state index is 0.0194. The van der Waals surface area contributed by atoms with E-state index in [1.165, 1.54) is 0 Å². The van der Waals surface area contributed by atoms with Crippen LogP contribution < -0.4 is 0 Å². The normalized spacial score (nSPS) is 24.1. The molecule has 2 N–H and O–H groups in total. The Hall–Kier alpha value is -1.43. The molecule has 0 aromatic carbocycles. The molecule has 1 heterocycles. The van der Waals surface area contributed by atoms with Gasteiger partial charge in [-0.15, -0.1) is 5.10 Å². The first-order valence-corrected chi connectivity index (χ1v) is 6.00. The molecule has 0 aliphatic heterocycles. The molecule has 1 fully saturated rings. The van der Waals surface area contributed by atoms with Crippen molar-refractivity contribution in [3.05, 3.63) is 11.4 Å². The van der Waals surface area contributed by atoms with Crippen molar-refractivity contribution in [3.63, 3.8) is 0 Å². The zero-order chi connectivity index (χ0) is 12.4. The predicted molar refractivity (Wildman–Crippen MR) is 59.9 cm³/mol. The number of carboxylic acids is 1. The Labute approximate surface area is 99.3 Å². The molecular weight excluding hydrogens is 222 g/mol. The van der Waals surface area contributed by atoms with Crippen molar-refractivity contribution >= 4 is 5.97 Å². The summed E-state index contributed by atoms with van der Waals surface area (Å²) >= 11 is 0. The van der Waals surface area contributed by atoms with E-state index >= 15 is 0 Å². The van der Waals surface area contributed by atoms with Crippen LogP contribution in [-0.2, 0) is 6.42 Å². The van der Waals surface area contributed by atoms with Crippen molar-refractivity contribution < 1.29 is 15.0 Å². The Kier molecular flexibility index (Phi) is 3.42. The second-order valence-corrected chi connectivity index (χ2v) is 4.45. The molecule has 1 saturated carbocycles. The highest BCUT2D eigenvalue weighted by Crippen LogP contribution is 2.31. The summed E-state index contributed by atoms with van der Waals surface area (Å²) in [5.41, 5.74) is 0.650. The minimum atomic E-state index is -1.05. The maximum Gasteiger partial charge on any atom is 0.358 e. The quantitative estimate of drug-likeness (QED) is 0.818. The second-order valence-electron chi connectivity index (χ2n) is 4.45. The lowest BCUT2D eigenvalue weighted by molar-refractivity contribution is 0.0688. The molecule has 0 spiro atoms. The fourth-order valence-electron chi connectivity index (χ4n) is 2.42. The highest BCUT2D eigenvalue weighted by Gasteiger charge is 2.31. The van der Waals surface area contributed by atoms with Crippen molar-refractivity contribution in [1.29, 1.82) is 0 Å². The fraction of sp³-hybridized carbons (Fsp3) is 0.727. The van der Waals surface area contributed by atoms with Crippen LogP contribution in [0.4, 0.5) is 0 Å². The summed E-state index contributed by atoms with van der Waals surface area (Å²) in [5.74, 6) is -1.05. The molecule has 6 heteroatoms. The van der Waals surface area contributed by atoms with Gasteiger partial charge in [-0.2, -0.15) is 0 Å². The zero-order valence-electron chi connectivity index (χ0n) is 9.83. The first-order valence-electron chi connectivity index (χ1n) is 6.00. The van der Waals surface area contributed by atoms with Crippen molar-refractivity contribution in [2.24, 2.45) is 0 Å². The molecule has 2 atom stereocenters. The number of aromatic carboxylic acids is 1. The number of carbonyl (C=O) groups is 1. The molecule has 0 amide bonds. The van der Waals surface area contributed by atoms with Gasteiger partial charge in [0.1, 0.15) is 0 Å². The summed E-state index contributed by atoms with van der Waals surface area (Å²) < 4.78 is 1.62. The van der Waals surface area contributed by atoms with Crippen LogP contribution in [0.5, 0.6) is 0 Å². The molecular formula is C11H17N3O3. The van der Waals surface area contributed by atoms with E-state index in [2.05, 4.69) is 10.3 Å². The van der Waals surface area contributed by atoms with Crippen LogP contribution in [-0.4, -0.2) is 37.3 Å². The van der Waals surface area contributed by atoms with Gasteiger partial charge in [0.05, 0.1) is 17.8 Å². The van der Waals surface area contributed by atoms with E-state index in [4.69, 9.17) is 5.11 Å². The topological polar surface area (TPSA) is 88.2 Å². The van der Waals surface area contributed by atoms with Crippen molar-refractivity contribution in [1.82, 2.24) is 15.0 Å². The Morgan fingerprint density at radius 3 is 2.82 bits per heavy atom. The molecule has 0 bridgehead atoms. The van der Waals surface area contributed by atoms with E-state index < -0.39 is 12.1 Å². The third-order valence-corrected chi connectivity index (χ3v) is 3.24. The van der Waals surface area contributed by atoms with Crippen LogP contribution in [0.1, 0.15) is 54.8 Å². The van der Waals surface area contributed by atoms with E-state index in [1.54, 1.807) is 4.68 Å². The number of nitrogens with zero attached hydrogens (tertiary/aromatic N) is 3. The Bertz CT molecular complexity index is 416. The van der Waals surface area contributed by atoms with Crippen LogP contribution in [0.15, 0.2) is 0 Å². The molecule has 1 aliphatic rings. The number of aliphatic hydroxyl groups is 1. The van der Waals surface area contributed by atoms with Crippen LogP contribution in [0, 0.1) is 0 Å². The third kappa shape index (κ3) is 2.17. The second kappa shape index (κ2) is 4.83. The highest BCUT2D eigenvalue weighted by atomic mass is 16.4. The summed E-state index contributed by atoms with van der Waals surface area (Å²) in [4.78, 5) is 11.0. The summed E-state index contributed by atoms with van der Waals surface area (Å²) in [6, 6.07) is -0.114. The van der Waals surface area contributed by atoms with Crippen LogP contribution >= 0.6 is 0 Å². The van der Waals surface area contributed by atoms with E-state index in [9.17, 15) is 9.90 Å². The van der Waals surface area contributed by atoms with Crippen molar-refractivity contribution in [3.8, 4) is 0 Å². The molecule has 2 unspecified atom stereocenters. The summed E-state index contributed by atoms with van der Waals surface area (Å²) in [6.07, 6.45) is 3.54. The van der Waals surface area contributed by atoms with Gasteiger partial charge in [0.2, 0.25) is 0 Å². The molecule has 0 radical (unpaired) electrons. The minimum Gasteiger partial charge on any atom is -0.476 e. The molecule has 1 aliphatic carbocycles. The van der Waals surface area contributed by atoms with Gasteiger partial charge in [-0.3, -0.25) is 0 Å². The molecule has 1 aromatic rings. The van der Waals surface area contributed by atoms with E-state index in [0.717, 1.165) is 25.7 Å². The molecule has 6 nitrogen and oxygen atoms in total. The maximum absolute atomic E-state index is 11.0. The van der Waals surface area contributed by atoms with Crippen LogP contribution in [0.25, 0.3) is 0 Å². The highest BCUT2D eigenvalue weighted by molar-refractivity contribution is 5.86. The van der Waals surface area contributed by atoms with E-state index in [0.29, 0.717) is 12.1 Å². The van der Waals surface area contributed by atoms with Crippen molar-refractivity contribution in [2.75, 3.05) is 0 Å². The van der Waals surface area contributed by atoms with Gasteiger partial charge in [-0.25, -0.2) is 9.48 Å². The lowest BCUT2D eigenvalue weighted by Crippen LogP contribution is -2.22. The summed E-state index contributed by atoms with van der Waals surface area (Å²) in [6.45, 7) is 1.98. The number of hydrogen-bond acceptors (Lipinski definition) is 4. The van der Waals surface area contributed by atoms with E-state index in [-0.39, 0.29) is 11.7 Å². The van der Waals surface area contributed by atoms with Crippen LogP contribution in [0.2, 0.25) is 0 Å². The predicted octanol–water partition coefficient (Wildman–Crippen LogP) is 1.01. The smallest absolute Gasteiger partial charge is 0.358 e. The zero-order valence-corrected chi connectivity index (χ0v) is 9.83. The average molecular weight is 239 g/mol. The lowest BCUT2D eigenvalue weighted by atomic mass is 10.1. The van der Waals surface area contributed by atoms with E-state index in [1.807, 2.05) is 6.92 Å². The number of hydrogen-bond donors (Lipinski definition) is 2. The Morgan fingerprint density at radius 2 is 2.29 bits per heavy atom. The number of carboxylic acid groups (broad SMARTS) is 1. The van der Waals surface area contributed by atoms with Gasteiger partial charge in [0.15, 0.2) is 5.69 Å². The maximum atomic E-state index is 11.0. The first-order chi connectivity index (χ1) is 8.15. The van der Waals surface area contributed by atoms with Gasteiger partial charge < -0.3 is 10.2 Å². The van der Waals surface area contributed by atoms with Gasteiger partial charge in [-0.1, -0.05) is 18.6 Å². The molecule has 0 saturated heterocycles. The summed E-state index contributed by atoms with van der Waals surface area (Å²) in [7, 11) is 0. The molecule has 2 rings (SSSR count). The van der Waals surface area contributed by atoms with Crippen molar-refractivity contribution in [2.45, 2.75) is 51.2 Å². The van der Waals surface area contributed by atoms with Crippen LogP contribution in [0.3, 0.4) is 0 Å². The SMILES string of the molecule is CCCc1c(C(=O)O)nnn1C1CCCC1O. The van der Waals surface area contributed by atoms with Gasteiger partial charge in [-0.05, 0) is 25.7 Å². The first kappa shape index (κ1) is 12.0. The van der Waals surface area contributed by atoms with Gasteiger partial charge in [0, 0.05) is 0 Å². The Balaban J connectivity index is 2.36. The number of aliphatic hydroxyl groups excluding tert-OH is 1. The molecule has 1 aromatic heterocycles. The number of rotatable bonds is 4. The molecule has 17 heavy (non-hydrogen) atoms. The number of aromatic nitrogens is 3. The largest absolute Gasteiger partial charge is 0.476 e. The fourth-order valence-corrected chi connectivity index (χ4v) is 2.42. The molecule has 94 valence electrons. The Morgan fingerprint density at radius 1 is 1.53 bits per heavy atom. The lowest BCUT2D eigenvalue weighted by Gasteiger charge is -2.17. The average Bonchev–Trinajstić information content (AvgIpc) is 2.85. The third-order valence-electron chi connectivity index (χ3n) is 3.24. The van der Waals surface area contributed by atoms with Gasteiger partial charge >= 0.3 is 5.97 Å². The standard InChI is InChI=1S/C11H17N3O3/c1-2-4-8-10(11(16)17)12-13-14(8)7-5-3-6-9(7)15/h7,9,15H,2-6H2,1H3,(H,16,17). The monoisotopic (exact) mass is 239 g/mol. The van der Waals surface area contributed by atoms with Gasteiger partial charge in [0.25, 0.3) is 0 Å². The summed E-state index contributed by atoms with van der Waals surface area (Å²) in [5, 5.41) is 26.5.